The zero-order valence-corrected chi connectivity index (χ0v) is 26.0. The minimum atomic E-state index is -4.26. The Labute approximate surface area is 226 Å². The number of hydrogen-bond donors (Lipinski definition) is 3. The molecule has 0 aromatic heterocycles. The molecule has 0 aliphatic rings. The molecule has 0 bridgehead atoms. The van der Waals surface area contributed by atoms with Crippen LogP contribution in [-0.4, -0.2) is 29.5 Å². The molecule has 0 fully saturated rings. The van der Waals surface area contributed by atoms with Gasteiger partial charge in [0.25, 0.3) is 0 Å². The van der Waals surface area contributed by atoms with Crippen molar-refractivity contribution in [3.05, 3.63) is 0 Å². The second-order valence-corrected chi connectivity index (χ2v) is 12.7. The first-order valence-electron chi connectivity index (χ1n) is 15.6. The lowest BCUT2D eigenvalue weighted by Crippen LogP contribution is -2.17. The van der Waals surface area contributed by atoms with E-state index in [1.54, 1.807) is 0 Å². The van der Waals surface area contributed by atoms with Gasteiger partial charge in [-0.25, -0.2) is 4.57 Å². The lowest BCUT2D eigenvalue weighted by molar-refractivity contribution is 0.193. The summed E-state index contributed by atoms with van der Waals surface area (Å²) in [6.45, 7) is 14.0. The number of phosphoric ester groups is 1. The molecule has 5 nitrogen and oxygen atoms in total. The predicted molar refractivity (Wildman–Crippen MR) is 159 cm³/mol. The van der Waals surface area contributed by atoms with Crippen molar-refractivity contribution in [2.45, 2.75) is 163 Å². The van der Waals surface area contributed by atoms with E-state index in [1.165, 1.54) is 122 Å². The topological polar surface area (TPSA) is 78.8 Å². The van der Waals surface area contributed by atoms with Gasteiger partial charge in [0.1, 0.15) is 0 Å². The van der Waals surface area contributed by atoms with Crippen LogP contribution in [0.15, 0.2) is 0 Å². The van der Waals surface area contributed by atoms with Gasteiger partial charge < -0.3 is 15.1 Å². The van der Waals surface area contributed by atoms with Gasteiger partial charge in [0.15, 0.2) is 0 Å². The maximum atomic E-state index is 10.5. The highest BCUT2D eigenvalue weighted by atomic mass is 31.2. The molecule has 3 N–H and O–H groups in total. The van der Waals surface area contributed by atoms with Gasteiger partial charge in [0, 0.05) is 0 Å². The molecular weight excluding hydrogens is 469 g/mol. The summed E-state index contributed by atoms with van der Waals surface area (Å²) in [7, 11) is -4.26. The molecule has 0 heterocycles. The Kier molecular flexibility index (Phi) is 31.4. The van der Waals surface area contributed by atoms with Crippen molar-refractivity contribution in [3.63, 3.8) is 0 Å². The fraction of sp³-hybridized carbons (Fsp3) is 1.00. The van der Waals surface area contributed by atoms with Gasteiger partial charge in [-0.3, -0.25) is 4.52 Å². The van der Waals surface area contributed by atoms with E-state index in [-0.39, 0.29) is 6.61 Å². The van der Waals surface area contributed by atoms with Crippen LogP contribution in [0.1, 0.15) is 163 Å². The molecule has 0 atom stereocenters. The maximum Gasteiger partial charge on any atom is 0.469 e. The smallest absolute Gasteiger partial charge is 0.317 e. The Balaban J connectivity index is 0. The molecule has 0 spiro atoms. The maximum absolute atomic E-state index is 10.5. The van der Waals surface area contributed by atoms with Crippen LogP contribution in [0.25, 0.3) is 0 Å². The van der Waals surface area contributed by atoms with Crippen LogP contribution < -0.4 is 5.32 Å². The van der Waals surface area contributed by atoms with E-state index in [9.17, 15) is 4.57 Å². The third-order valence-corrected chi connectivity index (χ3v) is 7.05. The molecule has 36 heavy (non-hydrogen) atoms. The first-order valence-corrected chi connectivity index (χ1v) is 17.1. The van der Waals surface area contributed by atoms with Gasteiger partial charge >= 0.3 is 7.82 Å². The van der Waals surface area contributed by atoms with Gasteiger partial charge in [0.05, 0.1) is 6.61 Å². The average molecular weight is 536 g/mol. The van der Waals surface area contributed by atoms with Crippen LogP contribution in [0.2, 0.25) is 0 Å². The molecule has 6 heteroatoms. The zero-order chi connectivity index (χ0) is 27.3. The van der Waals surface area contributed by atoms with Crippen molar-refractivity contribution >= 4 is 7.82 Å². The summed E-state index contributed by atoms with van der Waals surface area (Å²) in [5, 5.41) is 3.50. The first-order chi connectivity index (χ1) is 17.2. The quantitative estimate of drug-likeness (QED) is 0.0758. The van der Waals surface area contributed by atoms with Crippen LogP contribution in [0.5, 0.6) is 0 Å². The third-order valence-electron chi connectivity index (χ3n) is 6.53. The summed E-state index contributed by atoms with van der Waals surface area (Å²) in [6.07, 6.45) is 26.1. The Morgan fingerprint density at radius 1 is 0.583 bits per heavy atom. The fourth-order valence-corrected chi connectivity index (χ4v) is 4.60. The summed E-state index contributed by atoms with van der Waals surface area (Å²) in [4.78, 5) is 17.1. The molecule has 0 saturated heterocycles. The highest BCUT2D eigenvalue weighted by Crippen LogP contribution is 2.35. The van der Waals surface area contributed by atoms with Crippen molar-refractivity contribution in [2.75, 3.05) is 19.7 Å². The molecule has 0 saturated carbocycles. The number of unbranched alkanes of at least 4 members (excludes halogenated alkanes) is 15. The van der Waals surface area contributed by atoms with Crippen LogP contribution in [0.3, 0.4) is 0 Å². The standard InChI is InChI=1S/C18H39O4P.C12H27N/c1-2-3-4-5-6-7-8-9-10-11-12-13-14-15-16-17-18-22-23(19,20)21;1-11(2)7-5-9-13-10-6-8-12(3)4/h2-18H2,1H3,(H2,19,20,21);11-13H,5-10H2,1-4H3. The fourth-order valence-electron chi connectivity index (χ4n) is 4.23. The van der Waals surface area contributed by atoms with Crippen molar-refractivity contribution < 1.29 is 18.9 Å². The average Bonchev–Trinajstić information content (AvgIpc) is 2.80. The lowest BCUT2D eigenvalue weighted by Gasteiger charge is -2.07. The number of nitrogens with one attached hydrogen (secondary N) is 1. The van der Waals surface area contributed by atoms with Crippen molar-refractivity contribution in [3.8, 4) is 0 Å². The first kappa shape index (κ1) is 38.2. The highest BCUT2D eigenvalue weighted by molar-refractivity contribution is 7.46. The SMILES string of the molecule is CC(C)CCCNCCCC(C)C.CCCCCCCCCCCCCCCCCCOP(=O)(O)O. The van der Waals surface area contributed by atoms with Gasteiger partial charge in [-0.2, -0.15) is 0 Å². The van der Waals surface area contributed by atoms with Crippen LogP contribution in [0.4, 0.5) is 0 Å². The van der Waals surface area contributed by atoms with Gasteiger partial charge in [-0.15, -0.1) is 0 Å². The van der Waals surface area contributed by atoms with E-state index in [4.69, 9.17) is 9.79 Å². The van der Waals surface area contributed by atoms with Crippen LogP contribution >= 0.6 is 7.82 Å². The Bertz CT molecular complexity index is 442. The molecule has 0 unspecified atom stereocenters. The normalized spacial score (nSPS) is 11.8. The van der Waals surface area contributed by atoms with E-state index in [0.29, 0.717) is 0 Å². The zero-order valence-electron chi connectivity index (χ0n) is 25.1. The molecule has 0 aromatic rings. The van der Waals surface area contributed by atoms with Crippen LogP contribution in [-0.2, 0) is 9.09 Å². The summed E-state index contributed by atoms with van der Waals surface area (Å²) in [5.74, 6) is 1.72. The minimum Gasteiger partial charge on any atom is -0.317 e. The minimum absolute atomic E-state index is 0.169. The van der Waals surface area contributed by atoms with E-state index in [2.05, 4.69) is 44.5 Å². The second-order valence-electron chi connectivity index (χ2n) is 11.4. The molecule has 0 aliphatic carbocycles. The number of phosphoric acid groups is 1. The molecular formula is C30H66NO4P. The number of hydrogen-bond acceptors (Lipinski definition) is 3. The summed E-state index contributed by atoms with van der Waals surface area (Å²) < 4.78 is 14.9. The Morgan fingerprint density at radius 2 is 0.917 bits per heavy atom. The number of rotatable bonds is 26. The molecule has 0 rings (SSSR count). The summed E-state index contributed by atoms with van der Waals surface area (Å²) in [5.41, 5.74) is 0. The predicted octanol–water partition coefficient (Wildman–Crippen LogP) is 9.81. The second kappa shape index (κ2) is 29.6. The Hall–Kier alpha value is 0.0700. The lowest BCUT2D eigenvalue weighted by atomic mass is 10.0. The third kappa shape index (κ3) is 41.2. The van der Waals surface area contributed by atoms with Gasteiger partial charge in [-0.1, -0.05) is 131 Å². The van der Waals surface area contributed by atoms with Crippen molar-refractivity contribution in [2.24, 2.45) is 11.8 Å². The van der Waals surface area contributed by atoms with Gasteiger partial charge in [0.2, 0.25) is 0 Å². The molecule has 0 aromatic carbocycles. The Morgan fingerprint density at radius 3 is 1.22 bits per heavy atom. The van der Waals surface area contributed by atoms with Crippen LogP contribution in [0, 0.1) is 11.8 Å². The largest absolute Gasteiger partial charge is 0.469 e. The highest BCUT2D eigenvalue weighted by Gasteiger charge is 2.12. The van der Waals surface area contributed by atoms with E-state index in [0.717, 1.165) is 31.1 Å². The van der Waals surface area contributed by atoms with Crippen molar-refractivity contribution in [1.82, 2.24) is 5.32 Å². The van der Waals surface area contributed by atoms with Gasteiger partial charge in [-0.05, 0) is 57.0 Å². The molecule has 0 amide bonds. The van der Waals surface area contributed by atoms with E-state index >= 15 is 0 Å². The van der Waals surface area contributed by atoms with E-state index < -0.39 is 7.82 Å². The molecule has 0 radical (unpaired) electrons. The monoisotopic (exact) mass is 535 g/mol. The summed E-state index contributed by atoms with van der Waals surface area (Å²) in [6, 6.07) is 0. The van der Waals surface area contributed by atoms with Crippen molar-refractivity contribution in [1.29, 1.82) is 0 Å². The molecule has 0 aliphatic heterocycles. The summed E-state index contributed by atoms with van der Waals surface area (Å²) >= 11 is 0. The van der Waals surface area contributed by atoms with E-state index in [1.807, 2.05) is 0 Å². The molecule has 220 valence electrons.